The fourth-order valence-electron chi connectivity index (χ4n) is 4.37. The van der Waals surface area contributed by atoms with Gasteiger partial charge in [-0.2, -0.15) is 0 Å². The molecule has 1 saturated heterocycles. The number of fused-ring (bicyclic) bond motifs is 1. The molecule has 4 rings (SSSR count). The summed E-state index contributed by atoms with van der Waals surface area (Å²) in [5.74, 6) is 0.993. The molecule has 0 bridgehead atoms. The molecule has 1 aromatic carbocycles. The van der Waals surface area contributed by atoms with Crippen LogP contribution in [-0.2, 0) is 20.7 Å². The maximum Gasteiger partial charge on any atom is 0.312 e. The number of likely N-dealkylation sites (tertiary alicyclic amines) is 1. The molecule has 6 nitrogen and oxygen atoms in total. The zero-order chi connectivity index (χ0) is 20.4. The zero-order valence-electron chi connectivity index (χ0n) is 16.9. The number of hydrogen-bond acceptors (Lipinski definition) is 4. The maximum atomic E-state index is 13.3. The number of aryl methyl sites for hydroxylation is 1. The minimum Gasteiger partial charge on any atom is -0.466 e. The van der Waals surface area contributed by atoms with Crippen molar-refractivity contribution in [2.24, 2.45) is 11.3 Å². The van der Waals surface area contributed by atoms with Crippen LogP contribution < -0.4 is 0 Å². The topological polar surface area (TPSA) is 75.3 Å². The lowest BCUT2D eigenvalue weighted by molar-refractivity contribution is -0.161. The highest BCUT2D eigenvalue weighted by molar-refractivity contribution is 5.80. The second-order valence-corrected chi connectivity index (χ2v) is 8.37. The Morgan fingerprint density at radius 2 is 2.07 bits per heavy atom. The predicted molar refractivity (Wildman–Crippen MR) is 107 cm³/mol. The molecule has 0 radical (unpaired) electrons. The van der Waals surface area contributed by atoms with Crippen molar-refractivity contribution in [3.63, 3.8) is 0 Å². The summed E-state index contributed by atoms with van der Waals surface area (Å²) in [6, 6.07) is 4.42. The van der Waals surface area contributed by atoms with Gasteiger partial charge in [-0.1, -0.05) is 12.8 Å². The molecule has 1 aliphatic carbocycles. The second-order valence-electron chi connectivity index (χ2n) is 8.37. The van der Waals surface area contributed by atoms with Crippen molar-refractivity contribution in [2.45, 2.75) is 51.9 Å². The first kappa shape index (κ1) is 19.9. The monoisotopic (exact) mass is 401 g/mol. The molecular formula is C22H28FN3O3. The van der Waals surface area contributed by atoms with Crippen molar-refractivity contribution < 1.29 is 18.7 Å². The van der Waals surface area contributed by atoms with Gasteiger partial charge in [-0.3, -0.25) is 9.59 Å². The van der Waals surface area contributed by atoms with E-state index in [0.717, 1.165) is 6.42 Å². The van der Waals surface area contributed by atoms with Gasteiger partial charge in [-0.15, -0.1) is 0 Å². The lowest BCUT2D eigenvalue weighted by Crippen LogP contribution is -2.47. The summed E-state index contributed by atoms with van der Waals surface area (Å²) >= 11 is 0. The Balaban J connectivity index is 1.33. The van der Waals surface area contributed by atoms with Crippen LogP contribution in [0, 0.1) is 17.2 Å². The molecule has 0 spiro atoms. The van der Waals surface area contributed by atoms with Crippen LogP contribution in [0.5, 0.6) is 0 Å². The summed E-state index contributed by atoms with van der Waals surface area (Å²) in [6.45, 7) is 3.43. The Bertz CT molecular complexity index is 898. The van der Waals surface area contributed by atoms with Crippen LogP contribution in [0.2, 0.25) is 0 Å². The van der Waals surface area contributed by atoms with Gasteiger partial charge in [0.05, 0.1) is 23.1 Å². The van der Waals surface area contributed by atoms with E-state index in [1.807, 2.05) is 11.8 Å². The second kappa shape index (κ2) is 8.13. The molecule has 0 atom stereocenters. The number of benzene rings is 1. The van der Waals surface area contributed by atoms with E-state index < -0.39 is 5.41 Å². The van der Waals surface area contributed by atoms with Gasteiger partial charge < -0.3 is 14.6 Å². The highest BCUT2D eigenvalue weighted by atomic mass is 19.1. The van der Waals surface area contributed by atoms with Gasteiger partial charge in [0.15, 0.2) is 0 Å². The number of halogens is 1. The van der Waals surface area contributed by atoms with E-state index in [1.54, 1.807) is 6.07 Å². The van der Waals surface area contributed by atoms with Gasteiger partial charge in [-0.05, 0) is 50.3 Å². The van der Waals surface area contributed by atoms with Gasteiger partial charge in [0, 0.05) is 25.9 Å². The number of piperidine rings is 1. The van der Waals surface area contributed by atoms with Gasteiger partial charge in [0.2, 0.25) is 5.91 Å². The minimum atomic E-state index is -0.420. The van der Waals surface area contributed by atoms with Crippen molar-refractivity contribution in [1.82, 2.24) is 14.9 Å². The van der Waals surface area contributed by atoms with Gasteiger partial charge in [0.25, 0.3) is 0 Å². The predicted octanol–water partition coefficient (Wildman–Crippen LogP) is 3.61. The number of rotatable bonds is 7. The fourth-order valence-corrected chi connectivity index (χ4v) is 4.37. The molecule has 2 fully saturated rings. The molecule has 1 saturated carbocycles. The lowest BCUT2D eigenvalue weighted by Gasteiger charge is -2.40. The first-order valence-corrected chi connectivity index (χ1v) is 10.6. The number of carbonyl (C=O) groups excluding carboxylic acids is 2. The molecule has 7 heteroatoms. The lowest BCUT2D eigenvalue weighted by atomic mass is 9.74. The SMILES string of the molecule is CCOC(=O)C1(CC2CC2)CCN(C(=O)CCc2nc3ccc(F)cc3[nH]2)CC1. The van der Waals surface area contributed by atoms with Crippen LogP contribution in [0.4, 0.5) is 4.39 Å². The van der Waals surface area contributed by atoms with E-state index in [4.69, 9.17) is 4.74 Å². The quantitative estimate of drug-likeness (QED) is 0.719. The summed E-state index contributed by atoms with van der Waals surface area (Å²) in [6.07, 6.45) is 5.48. The van der Waals surface area contributed by atoms with E-state index in [0.29, 0.717) is 68.2 Å². The number of aromatic amines is 1. The average Bonchev–Trinajstić information content (AvgIpc) is 3.43. The third-order valence-corrected chi connectivity index (χ3v) is 6.23. The minimum absolute atomic E-state index is 0.0699. The van der Waals surface area contributed by atoms with Crippen LogP contribution >= 0.6 is 0 Å². The number of aromatic nitrogens is 2. The standard InChI is InChI=1S/C22H28FN3O3/c1-2-29-21(28)22(14-15-3-4-15)9-11-26(12-10-22)20(27)8-7-19-24-17-6-5-16(23)13-18(17)25-19/h5-6,13,15H,2-4,7-12,14H2,1H3,(H,24,25). The number of imidazole rings is 1. The first-order chi connectivity index (χ1) is 14.0. The molecule has 1 aromatic heterocycles. The van der Waals surface area contributed by atoms with Crippen LogP contribution in [0.25, 0.3) is 11.0 Å². The van der Waals surface area contributed by atoms with Gasteiger partial charge in [-0.25, -0.2) is 9.37 Å². The molecule has 156 valence electrons. The number of nitrogens with zero attached hydrogens (tertiary/aromatic N) is 2. The van der Waals surface area contributed by atoms with Crippen LogP contribution in [0.15, 0.2) is 18.2 Å². The summed E-state index contributed by atoms with van der Waals surface area (Å²) in [4.78, 5) is 34.7. The Labute approximate surface area is 169 Å². The summed E-state index contributed by atoms with van der Waals surface area (Å²) in [7, 11) is 0. The Morgan fingerprint density at radius 3 is 2.76 bits per heavy atom. The molecule has 1 amide bonds. The first-order valence-electron chi connectivity index (χ1n) is 10.6. The van der Waals surface area contributed by atoms with Crippen molar-refractivity contribution in [3.05, 3.63) is 29.8 Å². The van der Waals surface area contributed by atoms with Gasteiger partial charge >= 0.3 is 5.97 Å². The number of hydrogen-bond donors (Lipinski definition) is 1. The molecule has 1 aliphatic heterocycles. The smallest absolute Gasteiger partial charge is 0.312 e. The Kier molecular flexibility index (Phi) is 5.56. The zero-order valence-corrected chi connectivity index (χ0v) is 16.9. The summed E-state index contributed by atoms with van der Waals surface area (Å²) in [5.41, 5.74) is 0.923. The highest BCUT2D eigenvalue weighted by Gasteiger charge is 2.46. The molecule has 0 unspecified atom stereocenters. The maximum absolute atomic E-state index is 13.3. The van der Waals surface area contributed by atoms with Crippen LogP contribution in [-0.4, -0.2) is 46.4 Å². The number of nitrogens with one attached hydrogen (secondary N) is 1. The number of ether oxygens (including phenoxy) is 1. The fraction of sp³-hybridized carbons (Fsp3) is 0.591. The molecule has 2 aliphatic rings. The third kappa shape index (κ3) is 4.43. The average molecular weight is 401 g/mol. The Hall–Kier alpha value is -2.44. The molecule has 1 N–H and O–H groups in total. The van der Waals surface area contributed by atoms with E-state index in [2.05, 4.69) is 9.97 Å². The number of esters is 1. The summed E-state index contributed by atoms with van der Waals surface area (Å²) < 4.78 is 18.7. The highest BCUT2D eigenvalue weighted by Crippen LogP contribution is 2.46. The molecule has 29 heavy (non-hydrogen) atoms. The Morgan fingerprint density at radius 1 is 1.31 bits per heavy atom. The molecule has 2 heterocycles. The van der Waals surface area contributed by atoms with Crippen molar-refractivity contribution in [3.8, 4) is 0 Å². The van der Waals surface area contributed by atoms with E-state index >= 15 is 0 Å². The van der Waals surface area contributed by atoms with E-state index in [9.17, 15) is 14.0 Å². The van der Waals surface area contributed by atoms with E-state index in [1.165, 1.54) is 25.0 Å². The van der Waals surface area contributed by atoms with Crippen molar-refractivity contribution in [1.29, 1.82) is 0 Å². The van der Waals surface area contributed by atoms with Crippen molar-refractivity contribution in [2.75, 3.05) is 19.7 Å². The molecule has 2 aromatic rings. The number of carbonyl (C=O) groups is 2. The van der Waals surface area contributed by atoms with Gasteiger partial charge in [0.1, 0.15) is 11.6 Å². The summed E-state index contributed by atoms with van der Waals surface area (Å²) in [5, 5.41) is 0. The largest absolute Gasteiger partial charge is 0.466 e. The van der Waals surface area contributed by atoms with E-state index in [-0.39, 0.29) is 17.7 Å². The van der Waals surface area contributed by atoms with Crippen LogP contribution in [0.1, 0.15) is 51.3 Å². The normalized spacial score (nSPS) is 18.8. The van der Waals surface area contributed by atoms with Crippen molar-refractivity contribution >= 4 is 22.9 Å². The number of H-pyrrole nitrogens is 1. The number of amides is 1. The molecular weight excluding hydrogens is 373 g/mol. The van der Waals surface area contributed by atoms with Crippen LogP contribution in [0.3, 0.4) is 0 Å². The third-order valence-electron chi connectivity index (χ3n) is 6.23.